The number of carboxylic acids is 1. The molecule has 5 heteroatoms. The number of carboxylic acid groups (broad SMARTS) is 1. The maximum atomic E-state index is 11.5. The number of aliphatic imine (C=N–C) groups is 1. The van der Waals surface area contributed by atoms with Crippen molar-refractivity contribution < 1.29 is 14.6 Å². The Bertz CT molecular complexity index is 976. The van der Waals surface area contributed by atoms with E-state index in [-0.39, 0.29) is 10.8 Å². The number of hydrogen-bond acceptors (Lipinski definition) is 4. The molecule has 2 aromatic carbocycles. The number of methoxy groups -OCH3 is 1. The summed E-state index contributed by atoms with van der Waals surface area (Å²) in [5.74, 6) is 0.583. The van der Waals surface area contributed by atoms with Crippen LogP contribution in [0.3, 0.4) is 0 Å². The second-order valence-electron chi connectivity index (χ2n) is 6.53. The monoisotopic (exact) mass is 377 g/mol. The predicted octanol–water partition coefficient (Wildman–Crippen LogP) is 5.38. The molecule has 0 saturated heterocycles. The van der Waals surface area contributed by atoms with E-state index in [1.54, 1.807) is 18.6 Å². The summed E-state index contributed by atoms with van der Waals surface area (Å²) in [4.78, 5) is 16.5. The molecule has 1 heterocycles. The summed E-state index contributed by atoms with van der Waals surface area (Å²) >= 11 is 1.21. The minimum absolute atomic E-state index is 0.280. The van der Waals surface area contributed by atoms with Gasteiger partial charge in [-0.1, -0.05) is 42.5 Å². The van der Waals surface area contributed by atoms with Crippen LogP contribution >= 0.6 is 11.3 Å². The molecule has 0 bridgehead atoms. The van der Waals surface area contributed by atoms with Gasteiger partial charge in [-0.25, -0.2) is 4.79 Å². The number of carbonyl (C=O) groups is 1. The lowest BCUT2D eigenvalue weighted by Crippen LogP contribution is -2.05. The van der Waals surface area contributed by atoms with Gasteiger partial charge in [0.1, 0.15) is 10.6 Å². The van der Waals surface area contributed by atoms with Crippen molar-refractivity contribution in [1.29, 1.82) is 0 Å². The zero-order valence-electron chi connectivity index (χ0n) is 14.8. The first-order valence-electron chi connectivity index (χ1n) is 8.76. The number of benzene rings is 2. The van der Waals surface area contributed by atoms with Crippen LogP contribution in [0, 0.1) is 5.92 Å². The summed E-state index contributed by atoms with van der Waals surface area (Å²) in [5, 5.41) is 11.2. The van der Waals surface area contributed by atoms with Crippen LogP contribution in [-0.4, -0.2) is 23.9 Å². The number of thiophene rings is 1. The van der Waals surface area contributed by atoms with E-state index in [1.165, 1.54) is 16.9 Å². The van der Waals surface area contributed by atoms with Crippen LogP contribution in [0.15, 0.2) is 71.0 Å². The average molecular weight is 377 g/mol. The van der Waals surface area contributed by atoms with E-state index in [9.17, 15) is 9.90 Å². The molecule has 4 rings (SSSR count). The number of hydrogen-bond donors (Lipinski definition) is 1. The molecular weight excluding hydrogens is 358 g/mol. The largest absolute Gasteiger partial charge is 0.497 e. The molecule has 1 N–H and O–H groups in total. The molecule has 2 atom stereocenters. The highest BCUT2D eigenvalue weighted by Crippen LogP contribution is 2.50. The lowest BCUT2D eigenvalue weighted by molar-refractivity contribution is 0.0703. The second kappa shape index (κ2) is 7.37. The fraction of sp³-hybridized carbons (Fsp3) is 0.182. The maximum absolute atomic E-state index is 11.5. The molecule has 1 aromatic heterocycles. The van der Waals surface area contributed by atoms with Crippen LogP contribution in [0.1, 0.15) is 33.1 Å². The Balaban J connectivity index is 1.68. The van der Waals surface area contributed by atoms with Crippen molar-refractivity contribution in [2.75, 3.05) is 7.11 Å². The minimum atomic E-state index is -0.932. The molecule has 0 amide bonds. The molecule has 0 radical (unpaired) electrons. The van der Waals surface area contributed by atoms with E-state index in [2.05, 4.69) is 12.1 Å². The number of aromatic carboxylic acids is 1. The van der Waals surface area contributed by atoms with E-state index in [0.717, 1.165) is 23.4 Å². The van der Waals surface area contributed by atoms with Crippen molar-refractivity contribution >= 4 is 28.7 Å². The summed E-state index contributed by atoms with van der Waals surface area (Å²) in [6.45, 7) is 0. The van der Waals surface area contributed by atoms with Gasteiger partial charge in [-0.3, -0.25) is 4.99 Å². The van der Waals surface area contributed by atoms with Crippen molar-refractivity contribution in [3.63, 3.8) is 0 Å². The highest BCUT2D eigenvalue weighted by Gasteiger charge is 2.42. The van der Waals surface area contributed by atoms with Gasteiger partial charge >= 0.3 is 5.97 Å². The lowest BCUT2D eigenvalue weighted by Gasteiger charge is -2.08. The molecule has 136 valence electrons. The van der Waals surface area contributed by atoms with Gasteiger partial charge in [0.15, 0.2) is 0 Å². The second-order valence-corrected chi connectivity index (χ2v) is 7.44. The van der Waals surface area contributed by atoms with Crippen LogP contribution in [0.5, 0.6) is 5.75 Å². The molecule has 0 spiro atoms. The van der Waals surface area contributed by atoms with Crippen molar-refractivity contribution in [1.82, 2.24) is 0 Å². The number of ether oxygens (including phenoxy) is 1. The normalized spacial score (nSPS) is 18.9. The van der Waals surface area contributed by atoms with Gasteiger partial charge in [0.25, 0.3) is 0 Å². The maximum Gasteiger partial charge on any atom is 0.348 e. The Morgan fingerprint density at radius 2 is 1.85 bits per heavy atom. The van der Waals surface area contributed by atoms with Crippen molar-refractivity contribution in [3.8, 4) is 5.75 Å². The summed E-state index contributed by atoms with van der Waals surface area (Å²) in [7, 11) is 1.66. The molecule has 0 aliphatic heterocycles. The van der Waals surface area contributed by atoms with Gasteiger partial charge in [0.2, 0.25) is 0 Å². The van der Waals surface area contributed by atoms with Crippen LogP contribution < -0.4 is 4.74 Å². The summed E-state index contributed by atoms with van der Waals surface area (Å²) < 4.78 is 5.24. The van der Waals surface area contributed by atoms with Gasteiger partial charge in [-0.05, 0) is 47.0 Å². The number of rotatable bonds is 6. The summed E-state index contributed by atoms with van der Waals surface area (Å²) in [6.07, 6.45) is 1.01. The first-order valence-corrected chi connectivity index (χ1v) is 9.64. The molecule has 1 fully saturated rings. The van der Waals surface area contributed by atoms with Crippen LogP contribution in [0.4, 0.5) is 5.69 Å². The van der Waals surface area contributed by atoms with Crippen LogP contribution in [0.2, 0.25) is 0 Å². The topological polar surface area (TPSA) is 58.9 Å². The van der Waals surface area contributed by atoms with Gasteiger partial charge in [-0.2, -0.15) is 0 Å². The molecule has 1 saturated carbocycles. The molecule has 2 unspecified atom stereocenters. The van der Waals surface area contributed by atoms with Crippen molar-refractivity contribution in [2.24, 2.45) is 10.9 Å². The van der Waals surface area contributed by atoms with Gasteiger partial charge in [0.05, 0.1) is 18.5 Å². The highest BCUT2D eigenvalue weighted by molar-refractivity contribution is 7.12. The van der Waals surface area contributed by atoms with Crippen molar-refractivity contribution in [3.05, 3.63) is 82.0 Å². The molecule has 1 aliphatic carbocycles. The standard InChI is InChI=1S/C22H19NO3S/c1-26-16-9-7-14(8-10-16)17-13-18(17)20(15-5-3-2-4-6-15)23-19-11-12-27-21(19)22(24)25/h2-12,17-18H,13H2,1H3,(H,24,25). The van der Waals surface area contributed by atoms with Gasteiger partial charge in [0, 0.05) is 5.92 Å². The van der Waals surface area contributed by atoms with E-state index >= 15 is 0 Å². The Labute approximate surface area is 161 Å². The van der Waals surface area contributed by atoms with Gasteiger partial charge in [-0.15, -0.1) is 11.3 Å². The zero-order valence-corrected chi connectivity index (χ0v) is 15.6. The lowest BCUT2D eigenvalue weighted by atomic mass is 10.0. The van der Waals surface area contributed by atoms with Crippen LogP contribution in [-0.2, 0) is 0 Å². The molecule has 27 heavy (non-hydrogen) atoms. The first kappa shape index (κ1) is 17.5. The molecule has 4 nitrogen and oxygen atoms in total. The average Bonchev–Trinajstić information content (AvgIpc) is 3.35. The summed E-state index contributed by atoms with van der Waals surface area (Å²) in [6, 6.07) is 20.0. The molecule has 3 aromatic rings. The quantitative estimate of drug-likeness (QED) is 0.587. The van der Waals surface area contributed by atoms with Gasteiger partial charge < -0.3 is 9.84 Å². The Kier molecular flexibility index (Phi) is 4.77. The number of nitrogens with zero attached hydrogens (tertiary/aromatic N) is 1. The Morgan fingerprint density at radius 3 is 2.52 bits per heavy atom. The SMILES string of the molecule is COc1ccc(C2CC2C(=Nc2ccsc2C(=O)O)c2ccccc2)cc1. The van der Waals surface area contributed by atoms with E-state index in [4.69, 9.17) is 9.73 Å². The fourth-order valence-electron chi connectivity index (χ4n) is 3.37. The fourth-order valence-corrected chi connectivity index (χ4v) is 4.04. The Hall–Kier alpha value is -2.92. The molecular formula is C22H19NO3S. The third-order valence-electron chi connectivity index (χ3n) is 4.83. The van der Waals surface area contributed by atoms with Crippen molar-refractivity contribution in [2.45, 2.75) is 12.3 Å². The highest BCUT2D eigenvalue weighted by atomic mass is 32.1. The van der Waals surface area contributed by atoms with E-state index < -0.39 is 5.97 Å². The Morgan fingerprint density at radius 1 is 1.11 bits per heavy atom. The summed E-state index contributed by atoms with van der Waals surface area (Å²) in [5.41, 5.74) is 3.79. The predicted molar refractivity (Wildman–Crippen MR) is 108 cm³/mol. The third-order valence-corrected chi connectivity index (χ3v) is 5.73. The molecule has 1 aliphatic rings. The minimum Gasteiger partial charge on any atom is -0.497 e. The van der Waals surface area contributed by atoms with E-state index in [0.29, 0.717) is 11.6 Å². The first-order chi connectivity index (χ1) is 13.2. The smallest absolute Gasteiger partial charge is 0.348 e. The zero-order chi connectivity index (χ0) is 18.8. The van der Waals surface area contributed by atoms with E-state index in [1.807, 2.05) is 42.5 Å². The third kappa shape index (κ3) is 3.64. The van der Waals surface area contributed by atoms with Crippen LogP contribution in [0.25, 0.3) is 0 Å².